The third-order valence-electron chi connectivity index (χ3n) is 2.54. The summed E-state index contributed by atoms with van der Waals surface area (Å²) in [6.45, 7) is 5.88. The first-order chi connectivity index (χ1) is 7.59. The summed E-state index contributed by atoms with van der Waals surface area (Å²) in [4.78, 5) is 4.35. The van der Waals surface area contributed by atoms with Gasteiger partial charge in [0.15, 0.2) is 5.82 Å². The van der Waals surface area contributed by atoms with Gasteiger partial charge in [0.25, 0.3) is 0 Å². The molecule has 0 fully saturated rings. The van der Waals surface area contributed by atoms with Crippen LogP contribution < -0.4 is 5.73 Å². The molecule has 0 aliphatic carbocycles. The zero-order valence-electron chi connectivity index (χ0n) is 9.81. The smallest absolute Gasteiger partial charge is 0.167 e. The Kier molecular flexibility index (Phi) is 2.75. The Morgan fingerprint density at radius 2 is 1.94 bits per heavy atom. The number of para-hydroxylation sites is 1. The van der Waals surface area contributed by atoms with Crippen LogP contribution in [-0.4, -0.2) is 14.8 Å². The molecule has 0 bridgehead atoms. The monoisotopic (exact) mass is 216 g/mol. The average molecular weight is 216 g/mol. The molecule has 4 heteroatoms. The summed E-state index contributed by atoms with van der Waals surface area (Å²) in [7, 11) is 0. The van der Waals surface area contributed by atoms with E-state index < -0.39 is 0 Å². The number of rotatable bonds is 2. The molecule has 1 aromatic heterocycles. The van der Waals surface area contributed by atoms with Crippen molar-refractivity contribution in [2.45, 2.75) is 26.8 Å². The summed E-state index contributed by atoms with van der Waals surface area (Å²) < 4.78 is 1.84. The van der Waals surface area contributed by atoms with E-state index in [4.69, 9.17) is 5.73 Å². The van der Waals surface area contributed by atoms with Gasteiger partial charge in [-0.1, -0.05) is 18.2 Å². The lowest BCUT2D eigenvalue weighted by molar-refractivity contribution is 0.724. The zero-order chi connectivity index (χ0) is 11.7. The van der Waals surface area contributed by atoms with Crippen LogP contribution in [0.3, 0.4) is 0 Å². The van der Waals surface area contributed by atoms with Crippen LogP contribution in [0.1, 0.15) is 30.2 Å². The third-order valence-corrected chi connectivity index (χ3v) is 2.54. The van der Waals surface area contributed by atoms with Gasteiger partial charge in [0.2, 0.25) is 0 Å². The maximum atomic E-state index is 5.77. The van der Waals surface area contributed by atoms with Crippen LogP contribution in [0.4, 0.5) is 0 Å². The molecule has 0 amide bonds. The van der Waals surface area contributed by atoms with Crippen LogP contribution in [0, 0.1) is 13.8 Å². The Morgan fingerprint density at radius 1 is 1.25 bits per heavy atom. The van der Waals surface area contributed by atoms with Gasteiger partial charge in [-0.3, -0.25) is 0 Å². The minimum Gasteiger partial charge on any atom is -0.321 e. The number of aryl methyl sites for hydroxylation is 2. The second-order valence-electron chi connectivity index (χ2n) is 4.00. The number of nitrogens with two attached hydrogens (primary N) is 1. The largest absolute Gasteiger partial charge is 0.321 e. The van der Waals surface area contributed by atoms with Crippen molar-refractivity contribution in [3.8, 4) is 5.69 Å². The first-order valence-electron chi connectivity index (χ1n) is 5.34. The summed E-state index contributed by atoms with van der Waals surface area (Å²) in [5.41, 5.74) is 8.00. The number of hydrogen-bond donors (Lipinski definition) is 1. The van der Waals surface area contributed by atoms with E-state index in [0.717, 1.165) is 11.5 Å². The first kappa shape index (κ1) is 10.8. The van der Waals surface area contributed by atoms with Crippen LogP contribution in [-0.2, 0) is 0 Å². The molecule has 0 spiro atoms. The molecule has 16 heavy (non-hydrogen) atoms. The number of nitrogens with zero attached hydrogens (tertiary/aromatic N) is 3. The SMILES string of the molecule is Cc1ccccc1-n1nc(C(C)N)nc1C. The van der Waals surface area contributed by atoms with Crippen LogP contribution in [0.25, 0.3) is 5.69 Å². The molecule has 2 rings (SSSR count). The molecule has 1 unspecified atom stereocenters. The van der Waals surface area contributed by atoms with Gasteiger partial charge in [-0.15, -0.1) is 5.10 Å². The molecule has 1 aromatic carbocycles. The van der Waals surface area contributed by atoms with E-state index in [1.54, 1.807) is 0 Å². The minimum absolute atomic E-state index is 0.135. The molecule has 0 saturated carbocycles. The van der Waals surface area contributed by atoms with Crippen LogP contribution in [0.15, 0.2) is 24.3 Å². The molecule has 0 saturated heterocycles. The van der Waals surface area contributed by atoms with E-state index in [1.165, 1.54) is 5.56 Å². The highest BCUT2D eigenvalue weighted by molar-refractivity contribution is 5.39. The van der Waals surface area contributed by atoms with Crippen LogP contribution in [0.5, 0.6) is 0 Å². The van der Waals surface area contributed by atoms with Crippen LogP contribution >= 0.6 is 0 Å². The van der Waals surface area contributed by atoms with Crippen LogP contribution in [0.2, 0.25) is 0 Å². The predicted molar refractivity (Wildman–Crippen MR) is 63.4 cm³/mol. The zero-order valence-corrected chi connectivity index (χ0v) is 9.81. The van der Waals surface area contributed by atoms with Crippen molar-refractivity contribution in [1.29, 1.82) is 0 Å². The van der Waals surface area contributed by atoms with Crippen molar-refractivity contribution >= 4 is 0 Å². The summed E-state index contributed by atoms with van der Waals surface area (Å²) in [5, 5.41) is 4.42. The predicted octanol–water partition coefficient (Wildman–Crippen LogP) is 1.90. The van der Waals surface area contributed by atoms with E-state index in [2.05, 4.69) is 23.1 Å². The Morgan fingerprint density at radius 3 is 2.50 bits per heavy atom. The summed E-state index contributed by atoms with van der Waals surface area (Å²) in [5.74, 6) is 1.54. The quantitative estimate of drug-likeness (QED) is 0.834. The van der Waals surface area contributed by atoms with E-state index in [0.29, 0.717) is 5.82 Å². The standard InChI is InChI=1S/C12H16N4/c1-8-6-4-5-7-11(8)16-10(3)14-12(15-16)9(2)13/h4-7,9H,13H2,1-3H3. The van der Waals surface area contributed by atoms with E-state index in [1.807, 2.05) is 36.7 Å². The number of benzene rings is 1. The minimum atomic E-state index is -0.135. The van der Waals surface area contributed by atoms with Gasteiger partial charge in [0.05, 0.1) is 11.7 Å². The normalized spacial score (nSPS) is 12.8. The number of hydrogen-bond acceptors (Lipinski definition) is 3. The summed E-state index contributed by atoms with van der Waals surface area (Å²) in [6.07, 6.45) is 0. The maximum Gasteiger partial charge on any atom is 0.167 e. The van der Waals surface area contributed by atoms with Gasteiger partial charge in [-0.2, -0.15) is 0 Å². The fourth-order valence-corrected chi connectivity index (χ4v) is 1.63. The van der Waals surface area contributed by atoms with Crippen molar-refractivity contribution in [3.63, 3.8) is 0 Å². The van der Waals surface area contributed by atoms with Gasteiger partial charge >= 0.3 is 0 Å². The van der Waals surface area contributed by atoms with E-state index in [-0.39, 0.29) is 6.04 Å². The Balaban J connectivity index is 2.52. The second-order valence-corrected chi connectivity index (χ2v) is 4.00. The lowest BCUT2D eigenvalue weighted by Crippen LogP contribution is -2.08. The molecule has 2 aromatic rings. The van der Waals surface area contributed by atoms with Gasteiger partial charge < -0.3 is 5.73 Å². The second kappa shape index (κ2) is 4.06. The maximum absolute atomic E-state index is 5.77. The molecule has 4 nitrogen and oxygen atoms in total. The molecule has 84 valence electrons. The van der Waals surface area contributed by atoms with Gasteiger partial charge in [-0.25, -0.2) is 9.67 Å². The Labute approximate surface area is 95.1 Å². The molecular formula is C12H16N4. The Hall–Kier alpha value is -1.68. The summed E-state index contributed by atoms with van der Waals surface area (Å²) >= 11 is 0. The average Bonchev–Trinajstić information content (AvgIpc) is 2.61. The Bertz CT molecular complexity index is 499. The molecule has 2 N–H and O–H groups in total. The third kappa shape index (κ3) is 1.84. The fraction of sp³-hybridized carbons (Fsp3) is 0.333. The lowest BCUT2D eigenvalue weighted by Gasteiger charge is -2.06. The van der Waals surface area contributed by atoms with E-state index in [9.17, 15) is 0 Å². The molecule has 0 radical (unpaired) electrons. The van der Waals surface area contributed by atoms with Gasteiger partial charge in [0.1, 0.15) is 5.82 Å². The molecule has 0 aliphatic rings. The lowest BCUT2D eigenvalue weighted by atomic mass is 10.2. The highest BCUT2D eigenvalue weighted by Gasteiger charge is 2.11. The molecule has 0 aliphatic heterocycles. The van der Waals surface area contributed by atoms with E-state index >= 15 is 0 Å². The van der Waals surface area contributed by atoms with Crippen molar-refractivity contribution in [1.82, 2.24) is 14.8 Å². The first-order valence-corrected chi connectivity index (χ1v) is 5.34. The molecule has 1 heterocycles. The topological polar surface area (TPSA) is 56.7 Å². The van der Waals surface area contributed by atoms with Crippen molar-refractivity contribution in [2.75, 3.05) is 0 Å². The molecule has 1 atom stereocenters. The summed E-state index contributed by atoms with van der Waals surface area (Å²) in [6, 6.07) is 7.96. The van der Waals surface area contributed by atoms with Crippen molar-refractivity contribution < 1.29 is 0 Å². The van der Waals surface area contributed by atoms with Gasteiger partial charge in [-0.05, 0) is 32.4 Å². The highest BCUT2D eigenvalue weighted by atomic mass is 15.4. The van der Waals surface area contributed by atoms with Gasteiger partial charge in [0, 0.05) is 0 Å². The number of aromatic nitrogens is 3. The highest BCUT2D eigenvalue weighted by Crippen LogP contribution is 2.15. The van der Waals surface area contributed by atoms with Crippen molar-refractivity contribution in [3.05, 3.63) is 41.5 Å². The van der Waals surface area contributed by atoms with Crippen molar-refractivity contribution in [2.24, 2.45) is 5.73 Å². The molecular weight excluding hydrogens is 200 g/mol. The fourth-order valence-electron chi connectivity index (χ4n) is 1.63.